The summed E-state index contributed by atoms with van der Waals surface area (Å²) >= 11 is 0. The topological polar surface area (TPSA) is 0 Å². The summed E-state index contributed by atoms with van der Waals surface area (Å²) in [5, 5.41) is 0. The third-order valence-electron chi connectivity index (χ3n) is 8.26. The summed E-state index contributed by atoms with van der Waals surface area (Å²) in [6.45, 7) is 39.9. The second-order valence-corrected chi connectivity index (χ2v) is 12.2. The molecule has 2 aliphatic rings. The van der Waals surface area contributed by atoms with E-state index in [1.165, 1.54) is 91.2 Å². The average Bonchev–Trinajstić information content (AvgIpc) is 3.05. The summed E-state index contributed by atoms with van der Waals surface area (Å²) < 4.78 is 0. The molecule has 0 aliphatic heterocycles. The summed E-state index contributed by atoms with van der Waals surface area (Å²) in [6.07, 6.45) is 22.5. The van der Waals surface area contributed by atoms with E-state index in [-0.39, 0.29) is 0 Å². The Bertz CT molecular complexity index is 974. The molecule has 260 valence electrons. The summed E-state index contributed by atoms with van der Waals surface area (Å²) in [5.74, 6) is 1.12. The first kappa shape index (κ1) is 47.3. The SMILES string of the molecule is C1CCCCC1.C=C(C)C(CCc1ccc(CCC)c(CC)c1C(C)=C(C)C)C1=CC(C)=CC(C)C1.C=CC.CC.CC.CC. The van der Waals surface area contributed by atoms with Crippen LogP contribution in [-0.2, 0) is 19.3 Å². The van der Waals surface area contributed by atoms with E-state index in [4.69, 9.17) is 0 Å². The molecule has 0 amide bonds. The molecule has 2 unspecified atom stereocenters. The smallest absolute Gasteiger partial charge is 0.000807 e. The zero-order valence-corrected chi connectivity index (χ0v) is 33.4. The van der Waals surface area contributed by atoms with Crippen molar-refractivity contribution < 1.29 is 0 Å². The lowest BCUT2D eigenvalue weighted by Crippen LogP contribution is -2.13. The van der Waals surface area contributed by atoms with Gasteiger partial charge in [0, 0.05) is 5.92 Å². The Labute approximate surface area is 285 Å². The Balaban J connectivity index is -0.000000982. The minimum Gasteiger partial charge on any atom is -0.103 e. The molecule has 1 aromatic rings. The summed E-state index contributed by atoms with van der Waals surface area (Å²) in [5.41, 5.74) is 13.4. The summed E-state index contributed by atoms with van der Waals surface area (Å²) in [7, 11) is 0. The van der Waals surface area contributed by atoms with Gasteiger partial charge in [0.1, 0.15) is 0 Å². The second kappa shape index (κ2) is 30.6. The Morgan fingerprint density at radius 3 is 1.69 bits per heavy atom. The predicted molar refractivity (Wildman–Crippen MR) is 214 cm³/mol. The molecule has 0 radical (unpaired) electrons. The minimum atomic E-state index is 0.483. The molecule has 3 rings (SSSR count). The number of allylic oxidation sites excluding steroid dienone is 8. The van der Waals surface area contributed by atoms with Crippen LogP contribution < -0.4 is 0 Å². The van der Waals surface area contributed by atoms with Crippen molar-refractivity contribution in [1.82, 2.24) is 0 Å². The lowest BCUT2D eigenvalue weighted by atomic mass is 9.78. The van der Waals surface area contributed by atoms with Crippen LogP contribution in [0.3, 0.4) is 0 Å². The third-order valence-corrected chi connectivity index (χ3v) is 8.26. The van der Waals surface area contributed by atoms with Crippen molar-refractivity contribution in [3.8, 4) is 0 Å². The molecule has 1 aromatic carbocycles. The quantitative estimate of drug-likeness (QED) is 0.241. The zero-order chi connectivity index (χ0) is 35.4. The fraction of sp³-hybridized carbons (Fsp3) is 0.644. The molecule has 0 aromatic heterocycles. The molecule has 0 saturated heterocycles. The number of benzene rings is 1. The van der Waals surface area contributed by atoms with Gasteiger partial charge >= 0.3 is 0 Å². The van der Waals surface area contributed by atoms with Gasteiger partial charge in [0.05, 0.1) is 0 Å². The van der Waals surface area contributed by atoms with Crippen molar-refractivity contribution in [2.24, 2.45) is 11.8 Å². The van der Waals surface area contributed by atoms with Crippen LogP contribution in [0, 0.1) is 11.8 Å². The van der Waals surface area contributed by atoms with Crippen molar-refractivity contribution in [1.29, 1.82) is 0 Å². The molecule has 45 heavy (non-hydrogen) atoms. The largest absolute Gasteiger partial charge is 0.103 e. The molecule has 0 nitrogen and oxygen atoms in total. The highest BCUT2D eigenvalue weighted by Crippen LogP contribution is 2.36. The molecule has 0 bridgehead atoms. The van der Waals surface area contributed by atoms with E-state index in [1.807, 2.05) is 48.5 Å². The Hall–Kier alpha value is -2.08. The van der Waals surface area contributed by atoms with Crippen molar-refractivity contribution >= 4 is 5.57 Å². The standard InChI is InChI=1S/C30H44.C6H12.C3H6.3C2H6/c1-10-12-25-13-14-26(30(28(25)11-2)24(9)20(3)4)15-16-29(21(5)6)27-18-22(7)17-23(8)19-27;1-2-4-6-5-3-1;1-3-2;3*1-2/h13-14,17-18,23,29H,5,10-12,15-16,19H2,1-4,6-9H3;1-6H2;3H,1H2,2H3;3*1-2H3. The number of aryl methyl sites for hydroxylation is 2. The van der Waals surface area contributed by atoms with Crippen LogP contribution in [0.5, 0.6) is 0 Å². The molecule has 0 heterocycles. The van der Waals surface area contributed by atoms with E-state index in [0.29, 0.717) is 11.8 Å². The van der Waals surface area contributed by atoms with E-state index < -0.39 is 0 Å². The van der Waals surface area contributed by atoms with Crippen molar-refractivity contribution in [3.63, 3.8) is 0 Å². The van der Waals surface area contributed by atoms with Crippen LogP contribution in [0.2, 0.25) is 0 Å². The van der Waals surface area contributed by atoms with E-state index in [9.17, 15) is 0 Å². The summed E-state index contributed by atoms with van der Waals surface area (Å²) in [4.78, 5) is 0. The van der Waals surface area contributed by atoms with Gasteiger partial charge in [-0.15, -0.1) is 6.58 Å². The molecule has 1 fully saturated rings. The molecule has 0 heteroatoms. The number of rotatable bonds is 9. The van der Waals surface area contributed by atoms with Crippen molar-refractivity contribution in [3.05, 3.63) is 88.1 Å². The maximum Gasteiger partial charge on any atom is 0.000807 e. The van der Waals surface area contributed by atoms with E-state index in [0.717, 1.165) is 19.3 Å². The maximum atomic E-state index is 4.38. The first-order valence-corrected chi connectivity index (χ1v) is 19.0. The molecular formula is C45H80. The van der Waals surface area contributed by atoms with Gasteiger partial charge in [-0.05, 0) is 107 Å². The fourth-order valence-electron chi connectivity index (χ4n) is 6.20. The van der Waals surface area contributed by atoms with Gasteiger partial charge in [-0.3, -0.25) is 0 Å². The Morgan fingerprint density at radius 2 is 1.31 bits per heavy atom. The second-order valence-electron chi connectivity index (χ2n) is 12.2. The van der Waals surface area contributed by atoms with Crippen LogP contribution in [0.15, 0.2) is 65.8 Å². The van der Waals surface area contributed by atoms with Crippen LogP contribution in [0.25, 0.3) is 5.57 Å². The van der Waals surface area contributed by atoms with Gasteiger partial charge in [0.25, 0.3) is 0 Å². The normalized spacial score (nSPS) is 15.4. The highest BCUT2D eigenvalue weighted by Gasteiger charge is 2.21. The third kappa shape index (κ3) is 19.2. The molecule has 0 spiro atoms. The van der Waals surface area contributed by atoms with Crippen LogP contribution in [-0.4, -0.2) is 0 Å². The number of hydrogen-bond acceptors (Lipinski definition) is 0. The van der Waals surface area contributed by atoms with Gasteiger partial charge in [0.15, 0.2) is 0 Å². The van der Waals surface area contributed by atoms with Crippen LogP contribution >= 0.6 is 0 Å². The van der Waals surface area contributed by atoms with Gasteiger partial charge < -0.3 is 0 Å². The summed E-state index contributed by atoms with van der Waals surface area (Å²) in [6, 6.07) is 4.83. The monoisotopic (exact) mass is 621 g/mol. The first-order valence-electron chi connectivity index (χ1n) is 19.0. The molecule has 0 N–H and O–H groups in total. The highest BCUT2D eigenvalue weighted by atomic mass is 14.3. The van der Waals surface area contributed by atoms with E-state index in [2.05, 4.69) is 92.8 Å². The van der Waals surface area contributed by atoms with Crippen molar-refractivity contribution in [2.45, 2.75) is 181 Å². The van der Waals surface area contributed by atoms with Gasteiger partial charge in [0.2, 0.25) is 0 Å². The molecular weight excluding hydrogens is 540 g/mol. The van der Waals surface area contributed by atoms with Gasteiger partial charge in [-0.25, -0.2) is 0 Å². The lowest BCUT2D eigenvalue weighted by molar-refractivity contribution is 0.504. The maximum absolute atomic E-state index is 4.38. The van der Waals surface area contributed by atoms with Crippen LogP contribution in [0.1, 0.15) is 184 Å². The lowest BCUT2D eigenvalue weighted by Gasteiger charge is -2.27. The fourth-order valence-corrected chi connectivity index (χ4v) is 6.20. The molecule has 2 aliphatic carbocycles. The van der Waals surface area contributed by atoms with E-state index >= 15 is 0 Å². The predicted octanol–water partition coefficient (Wildman–Crippen LogP) is 15.7. The first-order chi connectivity index (χ1) is 21.6. The minimum absolute atomic E-state index is 0.483. The van der Waals surface area contributed by atoms with Gasteiger partial charge in [-0.2, -0.15) is 0 Å². The van der Waals surface area contributed by atoms with Crippen LogP contribution in [0.4, 0.5) is 0 Å². The van der Waals surface area contributed by atoms with Crippen molar-refractivity contribution in [2.75, 3.05) is 0 Å². The zero-order valence-electron chi connectivity index (χ0n) is 33.4. The van der Waals surface area contributed by atoms with Gasteiger partial charge in [-0.1, -0.05) is 166 Å². The highest BCUT2D eigenvalue weighted by molar-refractivity contribution is 5.73. The number of hydrogen-bond donors (Lipinski definition) is 0. The average molecular weight is 621 g/mol. The molecule has 1 saturated carbocycles. The molecule has 2 atom stereocenters. The Kier molecular flexibility index (Phi) is 32.1. The van der Waals surface area contributed by atoms with E-state index in [1.54, 1.807) is 22.8 Å². The Morgan fingerprint density at radius 1 is 0.844 bits per heavy atom.